The molecule has 0 aliphatic heterocycles. The van der Waals surface area contributed by atoms with Crippen LogP contribution in [0.3, 0.4) is 0 Å². The zero-order chi connectivity index (χ0) is 13.5. The van der Waals surface area contributed by atoms with Crippen molar-refractivity contribution in [2.24, 2.45) is 0 Å². The van der Waals surface area contributed by atoms with Gasteiger partial charge in [0.05, 0.1) is 12.0 Å². The number of nitro groups is 1. The summed E-state index contributed by atoms with van der Waals surface area (Å²) in [6.45, 7) is 1.24. The van der Waals surface area contributed by atoms with Gasteiger partial charge < -0.3 is 9.64 Å². The number of benzene rings is 1. The van der Waals surface area contributed by atoms with Crippen LogP contribution in [0.4, 0.5) is 11.4 Å². The summed E-state index contributed by atoms with van der Waals surface area (Å²) in [4.78, 5) is 12.3. The minimum atomic E-state index is -0.476. The third-order valence-corrected chi connectivity index (χ3v) is 2.77. The Morgan fingerprint density at radius 3 is 2.39 bits per heavy atom. The Labute approximate surface area is 115 Å². The number of hydrogen-bond donors (Lipinski definition) is 0. The van der Waals surface area contributed by atoms with E-state index in [0.29, 0.717) is 24.8 Å². The first-order chi connectivity index (χ1) is 8.63. The van der Waals surface area contributed by atoms with Gasteiger partial charge in [0.25, 0.3) is 0 Å². The molecule has 5 nitrogen and oxygen atoms in total. The Morgan fingerprint density at radius 1 is 1.33 bits per heavy atom. The number of hydrogen-bond acceptors (Lipinski definition) is 4. The predicted molar refractivity (Wildman–Crippen MR) is 73.3 cm³/mol. The van der Waals surface area contributed by atoms with Gasteiger partial charge in [0, 0.05) is 42.7 Å². The molecule has 100 valence electrons. The van der Waals surface area contributed by atoms with Crippen molar-refractivity contribution < 1.29 is 9.66 Å². The topological polar surface area (TPSA) is 55.6 Å². The molecule has 18 heavy (non-hydrogen) atoms. The molecule has 0 radical (unpaired) electrons. The summed E-state index contributed by atoms with van der Waals surface area (Å²) in [6.07, 6.45) is 0. The SMILES string of the molecule is COc1cc(N(CCCl)CCCl)ccc1[N+](=O)[O-]. The van der Waals surface area contributed by atoms with Crippen molar-refractivity contribution in [2.45, 2.75) is 0 Å². The van der Waals surface area contributed by atoms with Crippen molar-refractivity contribution in [1.29, 1.82) is 0 Å². The molecule has 0 amide bonds. The van der Waals surface area contributed by atoms with Crippen molar-refractivity contribution in [2.75, 3.05) is 36.9 Å². The quantitative estimate of drug-likeness (QED) is 0.440. The highest BCUT2D eigenvalue weighted by Gasteiger charge is 2.16. The fourth-order valence-electron chi connectivity index (χ4n) is 1.59. The van der Waals surface area contributed by atoms with E-state index in [2.05, 4.69) is 0 Å². The Balaban J connectivity index is 3.05. The van der Waals surface area contributed by atoms with Crippen molar-refractivity contribution in [3.8, 4) is 5.75 Å². The molecule has 0 aliphatic carbocycles. The number of methoxy groups -OCH3 is 1. The molecular weight excluding hydrogens is 279 g/mol. The molecule has 0 bridgehead atoms. The van der Waals surface area contributed by atoms with Crippen molar-refractivity contribution in [3.63, 3.8) is 0 Å². The van der Waals surface area contributed by atoms with Crippen molar-refractivity contribution in [3.05, 3.63) is 28.3 Å². The maximum atomic E-state index is 10.8. The maximum Gasteiger partial charge on any atom is 0.311 e. The van der Waals surface area contributed by atoms with Gasteiger partial charge in [-0.3, -0.25) is 10.1 Å². The highest BCUT2D eigenvalue weighted by atomic mass is 35.5. The second kappa shape index (κ2) is 7.28. The van der Waals surface area contributed by atoms with Gasteiger partial charge in [-0.25, -0.2) is 0 Å². The van der Waals surface area contributed by atoms with E-state index < -0.39 is 4.92 Å². The molecule has 0 aromatic heterocycles. The molecule has 0 heterocycles. The molecule has 1 rings (SSSR count). The molecule has 0 aliphatic rings. The first-order valence-corrected chi connectivity index (χ1v) is 6.40. The maximum absolute atomic E-state index is 10.8. The number of rotatable bonds is 7. The van der Waals surface area contributed by atoms with E-state index in [1.807, 2.05) is 4.90 Å². The summed E-state index contributed by atoms with van der Waals surface area (Å²) in [5.41, 5.74) is 0.747. The highest BCUT2D eigenvalue weighted by molar-refractivity contribution is 6.18. The Hall–Kier alpha value is -1.20. The van der Waals surface area contributed by atoms with Crippen LogP contribution in [0.2, 0.25) is 0 Å². The zero-order valence-corrected chi connectivity index (χ0v) is 11.4. The van der Waals surface area contributed by atoms with Crippen LogP contribution < -0.4 is 9.64 Å². The number of alkyl halides is 2. The number of halogens is 2. The largest absolute Gasteiger partial charge is 0.490 e. The summed E-state index contributed by atoms with van der Waals surface area (Å²) in [5, 5.41) is 10.8. The third-order valence-electron chi connectivity index (χ3n) is 2.43. The molecule has 0 spiro atoms. The molecule has 1 aromatic carbocycles. The fraction of sp³-hybridized carbons (Fsp3) is 0.455. The lowest BCUT2D eigenvalue weighted by Crippen LogP contribution is -2.27. The van der Waals surface area contributed by atoms with E-state index in [9.17, 15) is 10.1 Å². The monoisotopic (exact) mass is 292 g/mol. The molecular formula is C11H14Cl2N2O3. The van der Waals surface area contributed by atoms with Gasteiger partial charge in [0.1, 0.15) is 0 Å². The molecule has 0 fully saturated rings. The van der Waals surface area contributed by atoms with Crippen molar-refractivity contribution >= 4 is 34.6 Å². The first kappa shape index (κ1) is 14.9. The average molecular weight is 293 g/mol. The Morgan fingerprint density at radius 2 is 1.94 bits per heavy atom. The van der Waals surface area contributed by atoms with Crippen LogP contribution in [0, 0.1) is 10.1 Å². The van der Waals surface area contributed by atoms with Gasteiger partial charge in [0.2, 0.25) is 0 Å². The Bertz CT molecular complexity index is 409. The number of nitrogens with zero attached hydrogens (tertiary/aromatic N) is 2. The molecule has 1 aromatic rings. The summed E-state index contributed by atoms with van der Waals surface area (Å²) < 4.78 is 5.02. The lowest BCUT2D eigenvalue weighted by Gasteiger charge is -2.23. The van der Waals surface area contributed by atoms with Gasteiger partial charge in [-0.1, -0.05) is 0 Å². The third kappa shape index (κ3) is 3.65. The lowest BCUT2D eigenvalue weighted by molar-refractivity contribution is -0.385. The van der Waals surface area contributed by atoms with Gasteiger partial charge in [-0.15, -0.1) is 23.2 Å². The second-order valence-electron chi connectivity index (χ2n) is 3.48. The van der Waals surface area contributed by atoms with Crippen LogP contribution in [-0.4, -0.2) is 36.9 Å². The zero-order valence-electron chi connectivity index (χ0n) is 9.94. The molecule has 7 heteroatoms. The number of nitro benzene ring substituents is 1. The summed E-state index contributed by atoms with van der Waals surface area (Å²) in [6, 6.07) is 4.71. The van der Waals surface area contributed by atoms with Gasteiger partial charge >= 0.3 is 5.69 Å². The lowest BCUT2D eigenvalue weighted by atomic mass is 10.2. The summed E-state index contributed by atoms with van der Waals surface area (Å²) in [5.74, 6) is 1.14. The highest BCUT2D eigenvalue weighted by Crippen LogP contribution is 2.31. The Kier molecular flexibility index (Phi) is 6.01. The van der Waals surface area contributed by atoms with E-state index in [1.54, 1.807) is 12.1 Å². The second-order valence-corrected chi connectivity index (χ2v) is 4.23. The molecule has 0 saturated heterocycles. The molecule has 0 N–H and O–H groups in total. The van der Waals surface area contributed by atoms with Crippen LogP contribution in [0.15, 0.2) is 18.2 Å². The predicted octanol–water partition coefficient (Wildman–Crippen LogP) is 2.89. The van der Waals surface area contributed by atoms with E-state index in [-0.39, 0.29) is 11.4 Å². The molecule has 0 atom stereocenters. The summed E-state index contributed by atoms with van der Waals surface area (Å²) >= 11 is 11.4. The smallest absolute Gasteiger partial charge is 0.311 e. The van der Waals surface area contributed by atoms with Crippen LogP contribution >= 0.6 is 23.2 Å². The average Bonchev–Trinajstić information content (AvgIpc) is 2.37. The van der Waals surface area contributed by atoms with E-state index >= 15 is 0 Å². The molecule has 0 saturated carbocycles. The molecule has 0 unspecified atom stereocenters. The summed E-state index contributed by atoms with van der Waals surface area (Å²) in [7, 11) is 1.40. The minimum Gasteiger partial charge on any atom is -0.490 e. The van der Waals surface area contributed by atoms with Crippen LogP contribution in [0.25, 0.3) is 0 Å². The normalized spacial score (nSPS) is 10.2. The van der Waals surface area contributed by atoms with Gasteiger partial charge in [-0.2, -0.15) is 0 Å². The van der Waals surface area contributed by atoms with Crippen LogP contribution in [-0.2, 0) is 0 Å². The standard InChI is InChI=1S/C11H14Cl2N2O3/c1-18-11-8-9(2-3-10(11)15(16)17)14(6-4-12)7-5-13/h2-3,8H,4-7H2,1H3. The fourth-order valence-corrected chi connectivity index (χ4v) is 2.00. The van der Waals surface area contributed by atoms with E-state index in [4.69, 9.17) is 27.9 Å². The minimum absolute atomic E-state index is 0.0575. The van der Waals surface area contributed by atoms with Crippen LogP contribution in [0.1, 0.15) is 0 Å². The van der Waals surface area contributed by atoms with Crippen molar-refractivity contribution in [1.82, 2.24) is 0 Å². The van der Waals surface area contributed by atoms with E-state index in [1.165, 1.54) is 13.2 Å². The van der Waals surface area contributed by atoms with Crippen LogP contribution in [0.5, 0.6) is 5.75 Å². The van der Waals surface area contributed by atoms with Gasteiger partial charge in [0.15, 0.2) is 5.75 Å². The van der Waals surface area contributed by atoms with E-state index in [0.717, 1.165) is 5.69 Å². The number of anilines is 1. The van der Waals surface area contributed by atoms with Gasteiger partial charge in [-0.05, 0) is 6.07 Å². The first-order valence-electron chi connectivity index (χ1n) is 5.33. The number of ether oxygens (including phenoxy) is 1.